The van der Waals surface area contributed by atoms with Crippen LogP contribution in [0.25, 0.3) is 0 Å². The maximum atomic E-state index is 13.9. The quantitative estimate of drug-likeness (QED) is 0.0229. The van der Waals surface area contributed by atoms with Gasteiger partial charge in [-0.3, -0.25) is 29.4 Å². The Hall–Kier alpha value is -4.34. The molecule has 0 aromatic rings. The molecule has 0 aromatic carbocycles. The molecule has 3 aliphatic rings. The van der Waals surface area contributed by atoms with Crippen LogP contribution in [0.2, 0.25) is 0 Å². The second kappa shape index (κ2) is 27.2. The van der Waals surface area contributed by atoms with Crippen LogP contribution in [0.15, 0.2) is 15.0 Å². The fraction of sp³-hybridized carbons (Fsp3) is 0.846. The van der Waals surface area contributed by atoms with Crippen molar-refractivity contribution in [1.82, 2.24) is 26.6 Å². The van der Waals surface area contributed by atoms with Crippen LogP contribution in [0.5, 0.6) is 0 Å². The number of ether oxygens (including phenoxy) is 4. The zero-order chi connectivity index (χ0) is 51.0. The third-order valence-corrected chi connectivity index (χ3v) is 12.2. The summed E-state index contributed by atoms with van der Waals surface area (Å²) in [5.41, 5.74) is 49.8. The number of nitrogens with zero attached hydrogens (tertiary/aromatic N) is 3. The van der Waals surface area contributed by atoms with E-state index in [1.54, 1.807) is 14.0 Å². The molecule has 68 heavy (non-hydrogen) atoms. The second-order valence-electron chi connectivity index (χ2n) is 17.7. The number of carbonyl (C=O) groups excluding carboxylic acids is 3. The summed E-state index contributed by atoms with van der Waals surface area (Å²) in [5, 5.41) is 71.9. The Kier molecular flexibility index (Phi) is 23.2. The van der Waals surface area contributed by atoms with Crippen molar-refractivity contribution in [2.45, 2.75) is 168 Å². The molecule has 0 aromatic heterocycles. The number of guanidine groups is 3. The zero-order valence-electron chi connectivity index (χ0n) is 39.2. The van der Waals surface area contributed by atoms with Crippen LogP contribution in [0.3, 0.4) is 0 Å². The first-order valence-corrected chi connectivity index (χ1v) is 22.6. The lowest BCUT2D eigenvalue weighted by Crippen LogP contribution is -2.72. The Balaban J connectivity index is 2.11. The second-order valence-corrected chi connectivity index (χ2v) is 17.7. The van der Waals surface area contributed by atoms with Crippen LogP contribution in [-0.2, 0) is 33.3 Å². The summed E-state index contributed by atoms with van der Waals surface area (Å²) in [6.07, 6.45) is -13.4. The van der Waals surface area contributed by atoms with Crippen molar-refractivity contribution < 1.29 is 58.9 Å². The van der Waals surface area contributed by atoms with Gasteiger partial charge in [0.2, 0.25) is 17.7 Å². The van der Waals surface area contributed by atoms with E-state index < -0.39 is 127 Å². The molecule has 3 amide bonds. The van der Waals surface area contributed by atoms with Gasteiger partial charge in [0.1, 0.15) is 54.4 Å². The highest BCUT2D eigenvalue weighted by molar-refractivity contribution is 5.83. The van der Waals surface area contributed by atoms with Gasteiger partial charge in [-0.25, -0.2) is 0 Å². The smallest absolute Gasteiger partial charge is 0.237 e. The molecular weight excluding hydrogens is 899 g/mol. The Morgan fingerprint density at radius 2 is 1.10 bits per heavy atom. The SMILES string of the molecule is CNC(C)[C@H]1O[C@H](O[C@@H]2[C@@H](O)[C@H](O[C@@H]3OC[C@@](C)(O)[C@@H](NC)[C@@H]3O)[C@@H](NC(=O)[C@@H](N)CCCN=C(N)N)C[C@H]2NC(=O)[C@@H](N)CCCN=C(N)N)[C@H](NC(=O)[C@@H](N)CCCN=C(N)N)[C@@H](O)[C@@H]1O. The Morgan fingerprint density at radius 1 is 0.676 bits per heavy atom. The number of aliphatic hydroxyl groups is 5. The van der Waals surface area contributed by atoms with Crippen molar-refractivity contribution in [2.75, 3.05) is 40.3 Å². The van der Waals surface area contributed by atoms with E-state index in [0.717, 1.165) is 0 Å². The van der Waals surface area contributed by atoms with Crippen LogP contribution < -0.4 is 78.2 Å². The highest BCUT2D eigenvalue weighted by Crippen LogP contribution is 2.34. The maximum Gasteiger partial charge on any atom is 0.237 e. The fourth-order valence-corrected chi connectivity index (χ4v) is 8.25. The highest BCUT2D eigenvalue weighted by atomic mass is 16.7. The normalized spacial score (nSPS) is 33.4. The number of aliphatic hydroxyl groups excluding tert-OH is 4. The topological polar surface area (TPSA) is 521 Å². The van der Waals surface area contributed by atoms with Crippen LogP contribution in [0.1, 0.15) is 58.8 Å². The summed E-state index contributed by atoms with van der Waals surface area (Å²) in [7, 11) is 3.09. The van der Waals surface area contributed by atoms with E-state index in [0.29, 0.717) is 19.3 Å². The lowest BCUT2D eigenvalue weighted by atomic mass is 9.82. The molecule has 1 saturated carbocycles. The first kappa shape index (κ1) is 58.0. The molecule has 28 N–H and O–H groups in total. The van der Waals surface area contributed by atoms with Crippen LogP contribution in [0, 0.1) is 0 Å². The van der Waals surface area contributed by atoms with Gasteiger partial charge in [-0.15, -0.1) is 0 Å². The van der Waals surface area contributed by atoms with Gasteiger partial charge < -0.3 is 123 Å². The van der Waals surface area contributed by atoms with Gasteiger partial charge in [0.25, 0.3) is 0 Å². The maximum absolute atomic E-state index is 13.9. The van der Waals surface area contributed by atoms with Gasteiger partial charge in [0.15, 0.2) is 30.5 Å². The van der Waals surface area contributed by atoms with E-state index in [2.05, 4.69) is 41.6 Å². The molecule has 18 atom stereocenters. The summed E-state index contributed by atoms with van der Waals surface area (Å²) in [5.74, 6) is -2.63. The molecular formula is C39H79N17O12. The molecule has 29 heteroatoms. The lowest BCUT2D eigenvalue weighted by Gasteiger charge is -2.51. The molecule has 392 valence electrons. The zero-order valence-corrected chi connectivity index (χ0v) is 39.2. The Bertz CT molecular complexity index is 1690. The molecule has 2 heterocycles. The highest BCUT2D eigenvalue weighted by Gasteiger charge is 2.55. The average Bonchev–Trinajstić information content (AvgIpc) is 3.27. The van der Waals surface area contributed by atoms with Gasteiger partial charge in [-0.05, 0) is 72.9 Å². The number of nitrogens with two attached hydrogens (primary N) is 9. The predicted octanol–water partition coefficient (Wildman–Crippen LogP) is -9.77. The van der Waals surface area contributed by atoms with E-state index in [9.17, 15) is 39.9 Å². The standard InChI is InChI=1S/C39H79N17O12/c1-16(49-3)27-24(58)23(57)22(56-33(63)19(42)10-7-13-53-38(47)48)34(66-27)67-28-20(54-31(61)17(40)8-5-11-51-36(43)44)14-21(55-32(62)18(41)9-6-12-52-37(45)46)29(25(28)59)68-35-26(60)30(50-4)39(2,64)15-65-35/h16-30,34-35,49-50,57-60,64H,5-15,40-42H2,1-4H3,(H,54,61)(H,55,62)(H,56,63)(H4,43,44,51)(H4,45,46,52)(H4,47,48,53)/t16?,17-,18-,19-,20+,21-,22+,23+,24-,25+,26-,27+,28-,29+,30-,34+,35-,39+/m0/s1. The number of carbonyl (C=O) groups is 3. The average molecular weight is 978 g/mol. The number of aliphatic imine (C=N–C) groups is 3. The number of hydrogen-bond donors (Lipinski definition) is 19. The van der Waals surface area contributed by atoms with Crippen LogP contribution in [-0.4, -0.2) is 211 Å². The van der Waals surface area contributed by atoms with Crippen molar-refractivity contribution in [3.8, 4) is 0 Å². The number of likely N-dealkylation sites (N-methyl/N-ethyl adjacent to an activating group) is 2. The third-order valence-electron chi connectivity index (χ3n) is 12.2. The van der Waals surface area contributed by atoms with E-state index in [-0.39, 0.29) is 69.8 Å². The molecule has 3 fully saturated rings. The van der Waals surface area contributed by atoms with Gasteiger partial charge in [-0.1, -0.05) is 0 Å². The van der Waals surface area contributed by atoms with Crippen LogP contribution >= 0.6 is 0 Å². The monoisotopic (exact) mass is 978 g/mol. The van der Waals surface area contributed by atoms with E-state index in [4.69, 9.17) is 70.6 Å². The number of amides is 3. The van der Waals surface area contributed by atoms with Crippen LogP contribution in [0.4, 0.5) is 0 Å². The summed E-state index contributed by atoms with van der Waals surface area (Å²) >= 11 is 0. The van der Waals surface area contributed by atoms with Gasteiger partial charge >= 0.3 is 0 Å². The molecule has 2 aliphatic heterocycles. The summed E-state index contributed by atoms with van der Waals surface area (Å²) in [6, 6.07) is -9.12. The molecule has 2 saturated heterocycles. The minimum Gasteiger partial charge on any atom is -0.388 e. The van der Waals surface area contributed by atoms with Crippen molar-refractivity contribution in [2.24, 2.45) is 66.6 Å². The molecule has 0 bridgehead atoms. The van der Waals surface area contributed by atoms with Crippen molar-refractivity contribution in [3.63, 3.8) is 0 Å². The van der Waals surface area contributed by atoms with Crippen molar-refractivity contribution in [3.05, 3.63) is 0 Å². The minimum absolute atomic E-state index is 0.104. The predicted molar refractivity (Wildman–Crippen MR) is 248 cm³/mol. The Morgan fingerprint density at radius 3 is 1.51 bits per heavy atom. The first-order valence-electron chi connectivity index (χ1n) is 22.6. The Labute approximate surface area is 395 Å². The molecule has 0 radical (unpaired) electrons. The summed E-state index contributed by atoms with van der Waals surface area (Å²) in [6.45, 7) is 3.29. The van der Waals surface area contributed by atoms with E-state index in [1.807, 2.05) is 0 Å². The number of rotatable bonds is 25. The van der Waals surface area contributed by atoms with Crippen molar-refractivity contribution in [1.29, 1.82) is 0 Å². The fourth-order valence-electron chi connectivity index (χ4n) is 8.25. The van der Waals surface area contributed by atoms with Crippen molar-refractivity contribution >= 4 is 35.6 Å². The minimum atomic E-state index is -1.89. The van der Waals surface area contributed by atoms with Gasteiger partial charge in [0, 0.05) is 25.7 Å². The molecule has 3 rings (SSSR count). The largest absolute Gasteiger partial charge is 0.388 e. The van der Waals surface area contributed by atoms with E-state index in [1.165, 1.54) is 14.0 Å². The van der Waals surface area contributed by atoms with Gasteiger partial charge in [-0.2, -0.15) is 0 Å². The lowest BCUT2D eigenvalue weighted by molar-refractivity contribution is -0.319. The number of nitrogens with one attached hydrogen (secondary N) is 5. The molecule has 0 spiro atoms. The molecule has 1 aliphatic carbocycles. The number of hydrogen-bond acceptors (Lipinski definition) is 20. The summed E-state index contributed by atoms with van der Waals surface area (Å²) < 4.78 is 25.0. The third kappa shape index (κ3) is 16.7. The summed E-state index contributed by atoms with van der Waals surface area (Å²) in [4.78, 5) is 52.9. The molecule has 29 nitrogen and oxygen atoms in total. The molecule has 1 unspecified atom stereocenters. The van der Waals surface area contributed by atoms with E-state index >= 15 is 0 Å². The van der Waals surface area contributed by atoms with Gasteiger partial charge in [0.05, 0.1) is 42.9 Å². The first-order chi connectivity index (χ1) is 31.9.